The zero-order valence-electron chi connectivity index (χ0n) is 9.84. The molecule has 2 heteroatoms. The third-order valence-electron chi connectivity index (χ3n) is 4.41. The Morgan fingerprint density at radius 2 is 1.86 bits per heavy atom. The SMILES string of the molecule is CC1CC2(CCCNC2)CC(C)N1C. The predicted octanol–water partition coefficient (Wildman–Crippen LogP) is 1.86. The summed E-state index contributed by atoms with van der Waals surface area (Å²) in [5.41, 5.74) is 0.629. The maximum absolute atomic E-state index is 3.58. The molecule has 2 heterocycles. The molecule has 0 bridgehead atoms. The van der Waals surface area contributed by atoms with E-state index in [1.807, 2.05) is 0 Å². The van der Waals surface area contributed by atoms with Gasteiger partial charge < -0.3 is 10.2 Å². The second-order valence-electron chi connectivity index (χ2n) is 5.55. The summed E-state index contributed by atoms with van der Waals surface area (Å²) in [5.74, 6) is 0. The van der Waals surface area contributed by atoms with Gasteiger partial charge in [0.05, 0.1) is 0 Å². The minimum Gasteiger partial charge on any atom is -0.316 e. The molecule has 14 heavy (non-hydrogen) atoms. The highest BCUT2D eigenvalue weighted by Crippen LogP contribution is 2.41. The van der Waals surface area contributed by atoms with Gasteiger partial charge in [-0.3, -0.25) is 0 Å². The van der Waals surface area contributed by atoms with E-state index < -0.39 is 0 Å². The van der Waals surface area contributed by atoms with E-state index >= 15 is 0 Å². The zero-order chi connectivity index (χ0) is 10.2. The summed E-state index contributed by atoms with van der Waals surface area (Å²) < 4.78 is 0. The minimum absolute atomic E-state index is 0.629. The molecule has 2 aliphatic rings. The van der Waals surface area contributed by atoms with Gasteiger partial charge in [-0.05, 0) is 58.5 Å². The van der Waals surface area contributed by atoms with Crippen LogP contribution >= 0.6 is 0 Å². The minimum atomic E-state index is 0.629. The zero-order valence-corrected chi connectivity index (χ0v) is 9.84. The van der Waals surface area contributed by atoms with Crippen LogP contribution in [-0.4, -0.2) is 37.1 Å². The molecule has 1 N–H and O–H groups in total. The highest BCUT2D eigenvalue weighted by Gasteiger charge is 2.40. The van der Waals surface area contributed by atoms with Crippen LogP contribution in [0.5, 0.6) is 0 Å². The molecule has 0 aromatic rings. The standard InChI is InChI=1S/C12H24N2/c1-10-7-12(5-4-6-13-9-12)8-11(2)14(10)3/h10-11,13H,4-9H2,1-3H3. The summed E-state index contributed by atoms with van der Waals surface area (Å²) in [7, 11) is 2.28. The quantitative estimate of drug-likeness (QED) is 0.636. The number of hydrogen-bond donors (Lipinski definition) is 1. The summed E-state index contributed by atoms with van der Waals surface area (Å²) in [6.07, 6.45) is 5.60. The average Bonchev–Trinajstić information content (AvgIpc) is 2.15. The topological polar surface area (TPSA) is 15.3 Å². The Labute approximate surface area is 88.1 Å². The molecule has 2 atom stereocenters. The normalized spacial score (nSPS) is 45.6. The fourth-order valence-electron chi connectivity index (χ4n) is 3.44. The predicted molar refractivity (Wildman–Crippen MR) is 60.5 cm³/mol. The van der Waals surface area contributed by atoms with Gasteiger partial charge >= 0.3 is 0 Å². The second kappa shape index (κ2) is 3.82. The molecule has 0 radical (unpaired) electrons. The number of rotatable bonds is 0. The van der Waals surface area contributed by atoms with Crippen molar-refractivity contribution in [3.05, 3.63) is 0 Å². The van der Waals surface area contributed by atoms with Crippen LogP contribution in [0.15, 0.2) is 0 Å². The van der Waals surface area contributed by atoms with Gasteiger partial charge in [-0.15, -0.1) is 0 Å². The first-order valence-corrected chi connectivity index (χ1v) is 6.06. The first-order valence-electron chi connectivity index (χ1n) is 6.06. The van der Waals surface area contributed by atoms with Crippen molar-refractivity contribution in [2.24, 2.45) is 5.41 Å². The van der Waals surface area contributed by atoms with Crippen molar-refractivity contribution in [3.8, 4) is 0 Å². The molecule has 2 rings (SSSR count). The van der Waals surface area contributed by atoms with Gasteiger partial charge in [0.15, 0.2) is 0 Å². The van der Waals surface area contributed by atoms with E-state index in [1.54, 1.807) is 0 Å². The van der Waals surface area contributed by atoms with E-state index in [0.29, 0.717) is 5.41 Å². The number of piperidine rings is 2. The lowest BCUT2D eigenvalue weighted by Crippen LogP contribution is -2.53. The molecule has 0 aromatic heterocycles. The number of likely N-dealkylation sites (tertiary alicyclic amines) is 1. The highest BCUT2D eigenvalue weighted by molar-refractivity contribution is 4.95. The third kappa shape index (κ3) is 1.82. The molecule has 2 saturated heterocycles. The maximum atomic E-state index is 3.58. The molecule has 0 amide bonds. The average molecular weight is 196 g/mol. The molecule has 0 aliphatic carbocycles. The Morgan fingerprint density at radius 1 is 1.21 bits per heavy atom. The van der Waals surface area contributed by atoms with Crippen molar-refractivity contribution in [2.75, 3.05) is 20.1 Å². The van der Waals surface area contributed by atoms with Crippen molar-refractivity contribution >= 4 is 0 Å². The van der Waals surface area contributed by atoms with E-state index in [1.165, 1.54) is 38.8 Å². The molecule has 2 nitrogen and oxygen atoms in total. The summed E-state index contributed by atoms with van der Waals surface area (Å²) in [5, 5.41) is 3.58. The number of hydrogen-bond acceptors (Lipinski definition) is 2. The lowest BCUT2D eigenvalue weighted by molar-refractivity contribution is 0.0176. The molecule has 0 aromatic carbocycles. The van der Waals surface area contributed by atoms with Crippen LogP contribution in [0.25, 0.3) is 0 Å². The van der Waals surface area contributed by atoms with Crippen molar-refractivity contribution < 1.29 is 0 Å². The maximum Gasteiger partial charge on any atom is 0.00724 e. The smallest absolute Gasteiger partial charge is 0.00724 e. The van der Waals surface area contributed by atoms with Gasteiger partial charge in [0.1, 0.15) is 0 Å². The molecular formula is C12H24N2. The van der Waals surface area contributed by atoms with E-state index in [2.05, 4.69) is 31.1 Å². The van der Waals surface area contributed by atoms with Crippen molar-refractivity contribution in [1.82, 2.24) is 10.2 Å². The highest BCUT2D eigenvalue weighted by atomic mass is 15.2. The van der Waals surface area contributed by atoms with Crippen molar-refractivity contribution in [2.45, 2.75) is 51.6 Å². The van der Waals surface area contributed by atoms with Crippen molar-refractivity contribution in [1.29, 1.82) is 0 Å². The monoisotopic (exact) mass is 196 g/mol. The fourth-order valence-corrected chi connectivity index (χ4v) is 3.44. The Morgan fingerprint density at radius 3 is 2.36 bits per heavy atom. The van der Waals surface area contributed by atoms with E-state index in [9.17, 15) is 0 Å². The van der Waals surface area contributed by atoms with Crippen molar-refractivity contribution in [3.63, 3.8) is 0 Å². The second-order valence-corrected chi connectivity index (χ2v) is 5.55. The van der Waals surface area contributed by atoms with Gasteiger partial charge in [0.25, 0.3) is 0 Å². The molecule has 2 unspecified atom stereocenters. The molecule has 1 spiro atoms. The summed E-state index contributed by atoms with van der Waals surface area (Å²) in [6, 6.07) is 1.53. The van der Waals surface area contributed by atoms with Gasteiger partial charge in [-0.25, -0.2) is 0 Å². The van der Waals surface area contributed by atoms with Gasteiger partial charge in [0, 0.05) is 18.6 Å². The lowest BCUT2D eigenvalue weighted by Gasteiger charge is -2.50. The first kappa shape index (κ1) is 10.4. The largest absolute Gasteiger partial charge is 0.316 e. The van der Waals surface area contributed by atoms with Gasteiger partial charge in [-0.1, -0.05) is 0 Å². The Hall–Kier alpha value is -0.0800. The molecule has 2 aliphatic heterocycles. The fraction of sp³-hybridized carbons (Fsp3) is 1.00. The number of nitrogens with zero attached hydrogens (tertiary/aromatic N) is 1. The molecular weight excluding hydrogens is 172 g/mol. The molecule has 82 valence electrons. The number of nitrogens with one attached hydrogen (secondary N) is 1. The van der Waals surface area contributed by atoms with Crippen LogP contribution < -0.4 is 5.32 Å². The van der Waals surface area contributed by atoms with Gasteiger partial charge in [-0.2, -0.15) is 0 Å². The lowest BCUT2D eigenvalue weighted by atomic mass is 9.69. The molecule has 0 saturated carbocycles. The van der Waals surface area contributed by atoms with Crippen LogP contribution in [0.1, 0.15) is 39.5 Å². The Balaban J connectivity index is 2.06. The first-order chi connectivity index (χ1) is 6.63. The summed E-state index contributed by atoms with van der Waals surface area (Å²) in [6.45, 7) is 7.26. The van der Waals surface area contributed by atoms with Crippen LogP contribution in [0.3, 0.4) is 0 Å². The van der Waals surface area contributed by atoms with Crippen LogP contribution in [0.4, 0.5) is 0 Å². The Bertz CT molecular complexity index is 182. The van der Waals surface area contributed by atoms with Crippen LogP contribution in [0.2, 0.25) is 0 Å². The summed E-state index contributed by atoms with van der Waals surface area (Å²) in [4.78, 5) is 2.54. The van der Waals surface area contributed by atoms with Crippen LogP contribution in [0, 0.1) is 5.41 Å². The summed E-state index contributed by atoms with van der Waals surface area (Å²) >= 11 is 0. The van der Waals surface area contributed by atoms with E-state index in [-0.39, 0.29) is 0 Å². The third-order valence-corrected chi connectivity index (χ3v) is 4.41. The van der Waals surface area contributed by atoms with Gasteiger partial charge in [0.2, 0.25) is 0 Å². The van der Waals surface area contributed by atoms with Crippen LogP contribution in [-0.2, 0) is 0 Å². The van der Waals surface area contributed by atoms with E-state index in [0.717, 1.165) is 12.1 Å². The molecule has 2 fully saturated rings. The Kier molecular flexibility index (Phi) is 2.85. The van der Waals surface area contributed by atoms with E-state index in [4.69, 9.17) is 0 Å².